The molecule has 24 heavy (non-hydrogen) atoms. The van der Waals surface area contributed by atoms with Gasteiger partial charge in [-0.1, -0.05) is 47.6 Å². The molecular formula is C17H13ClN4OS. The van der Waals surface area contributed by atoms with Crippen LogP contribution in [0.15, 0.2) is 58.8 Å². The molecule has 1 aliphatic heterocycles. The van der Waals surface area contributed by atoms with Crippen LogP contribution in [0.2, 0.25) is 5.02 Å². The molecule has 0 fully saturated rings. The third kappa shape index (κ3) is 2.68. The molecule has 0 saturated carbocycles. The highest BCUT2D eigenvalue weighted by atomic mass is 35.5. The zero-order chi connectivity index (χ0) is 16.5. The maximum absolute atomic E-state index is 5.97. The van der Waals surface area contributed by atoms with Crippen LogP contribution < -0.4 is 4.74 Å². The number of fused-ring (bicyclic) bond motifs is 1. The molecule has 0 spiro atoms. The number of halogens is 1. The molecule has 0 unspecified atom stereocenters. The van der Waals surface area contributed by atoms with Crippen LogP contribution in [0.1, 0.15) is 5.56 Å². The number of rotatable bonds is 3. The van der Waals surface area contributed by atoms with E-state index in [2.05, 4.69) is 10.2 Å². The summed E-state index contributed by atoms with van der Waals surface area (Å²) < 4.78 is 7.21. The lowest BCUT2D eigenvalue weighted by atomic mass is 10.1. The second-order valence-corrected chi connectivity index (χ2v) is 6.54. The standard InChI is InChI=1S/C17H13ClN4OS/c1-23-15-5-3-2-4-13(15)16-19-20-17-22(16)21-14(10-24-17)11-6-8-12(18)9-7-11/h2-9H,10H2,1H3. The van der Waals surface area contributed by atoms with Crippen LogP contribution in [0.3, 0.4) is 0 Å². The van der Waals surface area contributed by atoms with Crippen molar-refractivity contribution in [1.82, 2.24) is 14.9 Å². The first-order chi connectivity index (χ1) is 11.8. The van der Waals surface area contributed by atoms with Gasteiger partial charge in [-0.05, 0) is 29.8 Å². The van der Waals surface area contributed by atoms with Gasteiger partial charge in [0.15, 0.2) is 5.82 Å². The number of benzene rings is 2. The highest BCUT2D eigenvalue weighted by Gasteiger charge is 2.22. The number of para-hydroxylation sites is 1. The fourth-order valence-corrected chi connectivity index (χ4v) is 3.47. The van der Waals surface area contributed by atoms with Gasteiger partial charge < -0.3 is 4.74 Å². The Kier molecular flexibility index (Phi) is 4.00. The molecule has 0 radical (unpaired) electrons. The zero-order valence-electron chi connectivity index (χ0n) is 12.8. The van der Waals surface area contributed by atoms with Crippen molar-refractivity contribution in [2.75, 3.05) is 12.9 Å². The van der Waals surface area contributed by atoms with Gasteiger partial charge >= 0.3 is 0 Å². The van der Waals surface area contributed by atoms with E-state index in [0.29, 0.717) is 10.8 Å². The van der Waals surface area contributed by atoms with Crippen LogP contribution in [0, 0.1) is 0 Å². The van der Waals surface area contributed by atoms with E-state index in [-0.39, 0.29) is 0 Å². The highest BCUT2D eigenvalue weighted by Crippen LogP contribution is 2.33. The van der Waals surface area contributed by atoms with Gasteiger partial charge in [0.05, 0.1) is 18.4 Å². The normalized spacial score (nSPS) is 13.3. The molecule has 120 valence electrons. The van der Waals surface area contributed by atoms with Crippen molar-refractivity contribution in [3.8, 4) is 17.1 Å². The summed E-state index contributed by atoms with van der Waals surface area (Å²) in [6.07, 6.45) is 0. The summed E-state index contributed by atoms with van der Waals surface area (Å²) in [6, 6.07) is 15.4. The maximum Gasteiger partial charge on any atom is 0.212 e. The number of methoxy groups -OCH3 is 1. The summed E-state index contributed by atoms with van der Waals surface area (Å²) in [5, 5.41) is 14.8. The molecule has 3 aromatic rings. The van der Waals surface area contributed by atoms with Gasteiger partial charge in [-0.25, -0.2) is 0 Å². The first-order valence-electron chi connectivity index (χ1n) is 7.31. The molecule has 0 saturated heterocycles. The summed E-state index contributed by atoms with van der Waals surface area (Å²) in [4.78, 5) is 0. The van der Waals surface area contributed by atoms with E-state index < -0.39 is 0 Å². The van der Waals surface area contributed by atoms with Crippen LogP contribution in [-0.4, -0.2) is 33.4 Å². The monoisotopic (exact) mass is 356 g/mol. The first kappa shape index (κ1) is 15.2. The van der Waals surface area contributed by atoms with Gasteiger partial charge in [0, 0.05) is 10.8 Å². The lowest BCUT2D eigenvalue weighted by Gasteiger charge is -2.14. The Bertz CT molecular complexity index is 921. The Morgan fingerprint density at radius 3 is 2.67 bits per heavy atom. The topological polar surface area (TPSA) is 52.3 Å². The van der Waals surface area contributed by atoms with Crippen LogP contribution in [-0.2, 0) is 0 Å². The number of hydrogen-bond donors (Lipinski definition) is 0. The molecule has 2 aromatic carbocycles. The van der Waals surface area contributed by atoms with Crippen LogP contribution in [0.4, 0.5) is 0 Å². The van der Waals surface area contributed by atoms with Crippen molar-refractivity contribution in [3.05, 3.63) is 59.1 Å². The van der Waals surface area contributed by atoms with Crippen molar-refractivity contribution in [2.45, 2.75) is 5.16 Å². The second kappa shape index (κ2) is 6.30. The summed E-state index contributed by atoms with van der Waals surface area (Å²) in [5.41, 5.74) is 2.86. The largest absolute Gasteiger partial charge is 0.496 e. The number of aromatic nitrogens is 3. The van der Waals surface area contributed by atoms with Crippen molar-refractivity contribution in [3.63, 3.8) is 0 Å². The van der Waals surface area contributed by atoms with Crippen LogP contribution in [0.25, 0.3) is 11.4 Å². The van der Waals surface area contributed by atoms with Gasteiger partial charge in [0.25, 0.3) is 0 Å². The SMILES string of the molecule is COc1ccccc1-c1nnc2n1N=C(c1ccc(Cl)cc1)CS2. The van der Waals surface area contributed by atoms with Crippen molar-refractivity contribution < 1.29 is 4.74 Å². The Morgan fingerprint density at radius 1 is 1.08 bits per heavy atom. The van der Waals surface area contributed by atoms with Gasteiger partial charge in [0.1, 0.15) is 5.75 Å². The summed E-state index contributed by atoms with van der Waals surface area (Å²) in [6.45, 7) is 0. The van der Waals surface area contributed by atoms with Crippen molar-refractivity contribution >= 4 is 29.1 Å². The molecule has 0 aliphatic carbocycles. The fraction of sp³-hybridized carbons (Fsp3) is 0.118. The lowest BCUT2D eigenvalue weighted by Crippen LogP contribution is -2.13. The van der Waals surface area contributed by atoms with E-state index in [1.54, 1.807) is 23.5 Å². The minimum atomic E-state index is 0.668. The minimum Gasteiger partial charge on any atom is -0.496 e. The first-order valence-corrected chi connectivity index (χ1v) is 8.68. The molecule has 0 amide bonds. The molecule has 0 atom stereocenters. The van der Waals surface area contributed by atoms with Gasteiger partial charge in [-0.15, -0.1) is 10.2 Å². The molecule has 5 nitrogen and oxygen atoms in total. The van der Waals surface area contributed by atoms with E-state index in [9.17, 15) is 0 Å². The molecule has 0 bridgehead atoms. The molecule has 2 heterocycles. The van der Waals surface area contributed by atoms with Gasteiger partial charge in [-0.2, -0.15) is 9.78 Å². The summed E-state index contributed by atoms with van der Waals surface area (Å²) >= 11 is 7.58. The van der Waals surface area contributed by atoms with E-state index in [4.69, 9.17) is 21.4 Å². The van der Waals surface area contributed by atoms with Crippen molar-refractivity contribution in [2.24, 2.45) is 5.10 Å². The Hall–Kier alpha value is -2.31. The van der Waals surface area contributed by atoms with Gasteiger partial charge in [-0.3, -0.25) is 0 Å². The van der Waals surface area contributed by atoms with E-state index in [1.807, 2.05) is 48.5 Å². The van der Waals surface area contributed by atoms with Crippen molar-refractivity contribution in [1.29, 1.82) is 0 Å². The molecule has 7 heteroatoms. The van der Waals surface area contributed by atoms with E-state index >= 15 is 0 Å². The molecule has 1 aliphatic rings. The number of ether oxygens (including phenoxy) is 1. The minimum absolute atomic E-state index is 0.668. The second-order valence-electron chi connectivity index (χ2n) is 5.16. The molecule has 0 N–H and O–H groups in total. The van der Waals surface area contributed by atoms with E-state index in [0.717, 1.165) is 33.5 Å². The van der Waals surface area contributed by atoms with Crippen LogP contribution in [0.5, 0.6) is 5.75 Å². The molecular weight excluding hydrogens is 344 g/mol. The molecule has 4 rings (SSSR count). The third-order valence-electron chi connectivity index (χ3n) is 3.70. The summed E-state index contributed by atoms with van der Waals surface area (Å²) in [5.74, 6) is 2.15. The Labute approximate surface area is 148 Å². The summed E-state index contributed by atoms with van der Waals surface area (Å²) in [7, 11) is 1.64. The highest BCUT2D eigenvalue weighted by molar-refractivity contribution is 7.99. The number of thioether (sulfide) groups is 1. The van der Waals surface area contributed by atoms with E-state index in [1.165, 1.54) is 0 Å². The smallest absolute Gasteiger partial charge is 0.212 e. The number of nitrogens with zero attached hydrogens (tertiary/aromatic N) is 4. The Morgan fingerprint density at radius 2 is 1.88 bits per heavy atom. The van der Waals surface area contributed by atoms with Gasteiger partial charge in [0.2, 0.25) is 5.16 Å². The fourth-order valence-electron chi connectivity index (χ4n) is 2.51. The lowest BCUT2D eigenvalue weighted by molar-refractivity contribution is 0.416. The third-order valence-corrected chi connectivity index (χ3v) is 4.88. The Balaban J connectivity index is 1.81. The average Bonchev–Trinajstić information content (AvgIpc) is 3.05. The predicted molar refractivity (Wildman–Crippen MR) is 96.1 cm³/mol. The zero-order valence-corrected chi connectivity index (χ0v) is 14.4. The molecule has 1 aromatic heterocycles. The quantitative estimate of drug-likeness (QED) is 0.712. The predicted octanol–water partition coefficient (Wildman–Crippen LogP) is 3.97. The number of hydrogen-bond acceptors (Lipinski definition) is 5. The van der Waals surface area contributed by atoms with Crippen LogP contribution >= 0.6 is 23.4 Å². The average molecular weight is 357 g/mol. The maximum atomic E-state index is 5.97.